The SMILES string of the molecule is CC(C)(C)OC(=O)N(CCC[C@H](CCS(=O)(=O)c1nnnn1-c1ccccc1)O[Si](C)(C)C(C)(C)C)C(=O)OC(C)(C)C. The van der Waals surface area contributed by atoms with Crippen LogP contribution in [0.2, 0.25) is 18.1 Å². The predicted molar refractivity (Wildman–Crippen MR) is 166 cm³/mol. The molecule has 0 radical (unpaired) electrons. The van der Waals surface area contributed by atoms with Crippen LogP contribution >= 0.6 is 0 Å². The number of hydrogen-bond acceptors (Lipinski definition) is 10. The highest BCUT2D eigenvalue weighted by Gasteiger charge is 2.40. The quantitative estimate of drug-likeness (QED) is 0.262. The van der Waals surface area contributed by atoms with Crippen LogP contribution in [0.4, 0.5) is 9.59 Å². The number of tetrazole rings is 1. The second-order valence-corrected chi connectivity index (χ2v) is 20.8. The molecule has 0 aliphatic carbocycles. The standard InChI is InChI=1S/C29H49N5O7SSi/c1-27(2,3)39-25(35)33(26(36)40-28(4,5)6)20-15-18-23(41-43(10,11)29(7,8)9)19-21-42(37,38)24-30-31-32-34(24)22-16-13-12-14-17-22/h12-14,16-17,23H,15,18-21H2,1-11H3/t23-/m1/s1. The van der Waals surface area contributed by atoms with Gasteiger partial charge in [0.15, 0.2) is 8.32 Å². The van der Waals surface area contributed by atoms with Crippen molar-refractivity contribution in [2.24, 2.45) is 0 Å². The second-order valence-electron chi connectivity index (χ2n) is 14.1. The van der Waals surface area contributed by atoms with Crippen LogP contribution in [-0.4, -0.2) is 83.6 Å². The van der Waals surface area contributed by atoms with Crippen molar-refractivity contribution < 1.29 is 31.9 Å². The van der Waals surface area contributed by atoms with Crippen molar-refractivity contribution in [3.63, 3.8) is 0 Å². The summed E-state index contributed by atoms with van der Waals surface area (Å²) in [6.07, 6.45) is -1.16. The number of benzene rings is 1. The van der Waals surface area contributed by atoms with Crippen molar-refractivity contribution in [2.75, 3.05) is 12.3 Å². The zero-order chi connectivity index (χ0) is 32.9. The minimum atomic E-state index is -3.89. The minimum absolute atomic E-state index is 0.0141. The maximum Gasteiger partial charge on any atom is 0.419 e. The van der Waals surface area contributed by atoms with Crippen LogP contribution < -0.4 is 0 Å². The van der Waals surface area contributed by atoms with Crippen LogP contribution in [0.1, 0.15) is 81.6 Å². The molecule has 2 aromatic rings. The minimum Gasteiger partial charge on any atom is -0.443 e. The first kappa shape index (κ1) is 36.3. The number of rotatable bonds is 11. The highest BCUT2D eigenvalue weighted by molar-refractivity contribution is 7.91. The molecule has 0 saturated heterocycles. The monoisotopic (exact) mass is 639 g/mol. The third-order valence-electron chi connectivity index (χ3n) is 6.83. The molecule has 14 heteroatoms. The van der Waals surface area contributed by atoms with Crippen molar-refractivity contribution in [3.05, 3.63) is 30.3 Å². The fourth-order valence-corrected chi connectivity index (χ4v) is 6.45. The smallest absolute Gasteiger partial charge is 0.419 e. The average molecular weight is 640 g/mol. The lowest BCUT2D eigenvalue weighted by molar-refractivity contribution is 0.000571. The summed E-state index contributed by atoms with van der Waals surface area (Å²) in [6, 6.07) is 8.81. The van der Waals surface area contributed by atoms with Gasteiger partial charge in [0.05, 0.1) is 11.4 Å². The van der Waals surface area contributed by atoms with Crippen LogP contribution in [0.3, 0.4) is 0 Å². The number of ether oxygens (including phenoxy) is 2. The number of sulfone groups is 1. The first-order valence-electron chi connectivity index (χ1n) is 14.5. The zero-order valence-corrected chi connectivity index (χ0v) is 29.3. The van der Waals surface area contributed by atoms with E-state index in [2.05, 4.69) is 49.4 Å². The van der Waals surface area contributed by atoms with E-state index in [9.17, 15) is 18.0 Å². The van der Waals surface area contributed by atoms with E-state index in [0.717, 1.165) is 4.90 Å². The Balaban J connectivity index is 2.26. The molecule has 1 aromatic heterocycles. The summed E-state index contributed by atoms with van der Waals surface area (Å²) in [4.78, 5) is 26.8. The molecule has 1 aromatic carbocycles. The van der Waals surface area contributed by atoms with Gasteiger partial charge in [-0.25, -0.2) is 22.9 Å². The molecule has 43 heavy (non-hydrogen) atoms. The third-order valence-corrected chi connectivity index (χ3v) is 13.0. The fourth-order valence-electron chi connectivity index (χ4n) is 3.71. The van der Waals surface area contributed by atoms with Gasteiger partial charge in [0, 0.05) is 12.6 Å². The van der Waals surface area contributed by atoms with Crippen molar-refractivity contribution in [2.45, 2.75) is 122 Å². The normalized spacial score (nSPS) is 13.8. The Morgan fingerprint density at radius 2 is 1.44 bits per heavy atom. The van der Waals surface area contributed by atoms with Crippen LogP contribution in [0, 0.1) is 0 Å². The molecular formula is C29H49N5O7SSi. The van der Waals surface area contributed by atoms with E-state index in [0.29, 0.717) is 18.5 Å². The van der Waals surface area contributed by atoms with E-state index < -0.39 is 47.6 Å². The maximum atomic E-state index is 13.4. The Labute approximate surface area is 257 Å². The van der Waals surface area contributed by atoms with Gasteiger partial charge >= 0.3 is 12.2 Å². The summed E-state index contributed by atoms with van der Waals surface area (Å²) in [7, 11) is -6.20. The molecule has 2 rings (SSSR count). The molecule has 12 nitrogen and oxygen atoms in total. The summed E-state index contributed by atoms with van der Waals surface area (Å²) in [5.74, 6) is -0.249. The maximum absolute atomic E-state index is 13.4. The second kappa shape index (κ2) is 13.9. The summed E-state index contributed by atoms with van der Waals surface area (Å²) < 4.78 is 45.7. The molecule has 0 unspecified atom stereocenters. The number of aromatic nitrogens is 4. The third kappa shape index (κ3) is 11.3. The van der Waals surface area contributed by atoms with E-state index in [1.807, 2.05) is 6.07 Å². The van der Waals surface area contributed by atoms with Crippen molar-refractivity contribution in [1.29, 1.82) is 0 Å². The van der Waals surface area contributed by atoms with Gasteiger partial charge in [0.1, 0.15) is 11.2 Å². The Bertz CT molecular complexity index is 1300. The highest BCUT2D eigenvalue weighted by Crippen LogP contribution is 2.38. The number of imide groups is 1. The molecule has 0 fully saturated rings. The van der Waals surface area contributed by atoms with E-state index in [1.54, 1.807) is 65.8 Å². The van der Waals surface area contributed by atoms with Crippen molar-refractivity contribution >= 4 is 30.3 Å². The van der Waals surface area contributed by atoms with E-state index in [-0.39, 0.29) is 28.9 Å². The van der Waals surface area contributed by atoms with Gasteiger partial charge in [-0.15, -0.1) is 0 Å². The molecule has 1 atom stereocenters. The number of amides is 2. The summed E-state index contributed by atoms with van der Waals surface area (Å²) >= 11 is 0. The lowest BCUT2D eigenvalue weighted by Crippen LogP contribution is -2.45. The fraction of sp³-hybridized carbons (Fsp3) is 0.690. The van der Waals surface area contributed by atoms with Crippen molar-refractivity contribution in [1.82, 2.24) is 25.1 Å². The van der Waals surface area contributed by atoms with Crippen LogP contribution in [-0.2, 0) is 23.7 Å². The molecular weight excluding hydrogens is 591 g/mol. The van der Waals surface area contributed by atoms with Gasteiger partial charge in [-0.2, -0.15) is 4.68 Å². The van der Waals surface area contributed by atoms with Gasteiger partial charge in [-0.3, -0.25) is 0 Å². The van der Waals surface area contributed by atoms with Gasteiger partial charge in [-0.1, -0.05) is 44.1 Å². The number of carbonyl (C=O) groups is 2. The van der Waals surface area contributed by atoms with Crippen LogP contribution in [0.5, 0.6) is 0 Å². The molecule has 1 heterocycles. The number of hydrogen-bond donors (Lipinski definition) is 0. The molecule has 0 N–H and O–H groups in total. The Morgan fingerprint density at radius 3 is 1.93 bits per heavy atom. The number of carbonyl (C=O) groups excluding carboxylic acids is 2. The molecule has 0 aliphatic heterocycles. The predicted octanol–water partition coefficient (Wildman–Crippen LogP) is 6.17. The van der Waals surface area contributed by atoms with Crippen LogP contribution in [0.25, 0.3) is 5.69 Å². The number of nitrogens with zero attached hydrogens (tertiary/aromatic N) is 5. The number of para-hydroxylation sites is 1. The first-order chi connectivity index (χ1) is 19.5. The Kier molecular flexibility index (Phi) is 11.7. The molecule has 0 saturated carbocycles. The van der Waals surface area contributed by atoms with Gasteiger partial charge < -0.3 is 13.9 Å². The van der Waals surface area contributed by atoms with Crippen molar-refractivity contribution in [3.8, 4) is 5.69 Å². The molecule has 2 amide bonds. The van der Waals surface area contributed by atoms with Gasteiger partial charge in [0.2, 0.25) is 9.84 Å². The lowest BCUT2D eigenvalue weighted by Gasteiger charge is -2.39. The molecule has 242 valence electrons. The molecule has 0 spiro atoms. The Hall–Kier alpha value is -2.84. The largest absolute Gasteiger partial charge is 0.443 e. The van der Waals surface area contributed by atoms with E-state index >= 15 is 0 Å². The van der Waals surface area contributed by atoms with Crippen LogP contribution in [0.15, 0.2) is 35.5 Å². The summed E-state index contributed by atoms with van der Waals surface area (Å²) in [6.45, 7) is 20.8. The summed E-state index contributed by atoms with van der Waals surface area (Å²) in [5.41, 5.74) is -1.09. The zero-order valence-electron chi connectivity index (χ0n) is 27.5. The van der Waals surface area contributed by atoms with E-state index in [1.165, 1.54) is 4.68 Å². The average Bonchev–Trinajstić information content (AvgIpc) is 3.33. The topological polar surface area (TPSA) is 143 Å². The van der Waals surface area contributed by atoms with Gasteiger partial charge in [0.25, 0.3) is 5.16 Å². The lowest BCUT2D eigenvalue weighted by atomic mass is 10.1. The highest BCUT2D eigenvalue weighted by atomic mass is 32.2. The molecule has 0 aliphatic rings. The first-order valence-corrected chi connectivity index (χ1v) is 19.1. The Morgan fingerprint density at radius 1 is 0.907 bits per heavy atom. The van der Waals surface area contributed by atoms with Gasteiger partial charge in [-0.05, 0) is 101 Å². The van der Waals surface area contributed by atoms with E-state index in [4.69, 9.17) is 13.9 Å². The summed E-state index contributed by atoms with van der Waals surface area (Å²) in [5, 5.41) is 10.9. The molecule has 0 bridgehead atoms.